The molecule has 0 bridgehead atoms. The fraction of sp³-hybridized carbons (Fsp3) is 0.176. The number of aliphatic hydroxyl groups is 1. The zero-order chi connectivity index (χ0) is 16.2. The summed E-state index contributed by atoms with van der Waals surface area (Å²) in [5.41, 5.74) is 2.10. The van der Waals surface area contributed by atoms with Crippen LogP contribution < -0.4 is 5.32 Å². The van der Waals surface area contributed by atoms with Crippen LogP contribution in [0.2, 0.25) is 0 Å². The molecule has 6 heteroatoms. The number of aromatic nitrogens is 2. The van der Waals surface area contributed by atoms with Gasteiger partial charge in [0.2, 0.25) is 0 Å². The second kappa shape index (κ2) is 6.50. The maximum atomic E-state index is 12.3. The summed E-state index contributed by atoms with van der Waals surface area (Å²) in [4.78, 5) is 12.3. The Labute approximate surface area is 133 Å². The highest BCUT2D eigenvalue weighted by Gasteiger charge is 2.17. The summed E-state index contributed by atoms with van der Waals surface area (Å²) in [6.45, 7) is 1.90. The van der Waals surface area contributed by atoms with E-state index in [0.717, 1.165) is 11.4 Å². The lowest BCUT2D eigenvalue weighted by Gasteiger charge is -2.09. The van der Waals surface area contributed by atoms with E-state index in [1.54, 1.807) is 16.8 Å². The molecule has 2 N–H and O–H groups in total. The van der Waals surface area contributed by atoms with Crippen molar-refractivity contribution in [1.29, 1.82) is 0 Å². The number of nitrogens with one attached hydrogen (secondary N) is 1. The Bertz CT molecular complexity index is 779. The van der Waals surface area contributed by atoms with Crippen molar-refractivity contribution < 1.29 is 14.3 Å². The number of rotatable bonds is 5. The summed E-state index contributed by atoms with van der Waals surface area (Å²) in [5.74, 6) is 0.136. The van der Waals surface area contributed by atoms with Gasteiger partial charge in [-0.15, -0.1) is 0 Å². The van der Waals surface area contributed by atoms with Crippen LogP contribution in [0.5, 0.6) is 0 Å². The SMILES string of the molecule is Cc1c(C(=O)NCC(O)c2ccco2)cnn1-c1ccccc1. The van der Waals surface area contributed by atoms with Gasteiger partial charge in [-0.05, 0) is 31.2 Å². The minimum absolute atomic E-state index is 0.0717. The molecule has 0 aliphatic rings. The van der Waals surface area contributed by atoms with Gasteiger partial charge < -0.3 is 14.8 Å². The normalized spacial score (nSPS) is 12.1. The average Bonchev–Trinajstić information content (AvgIpc) is 3.23. The highest BCUT2D eigenvalue weighted by molar-refractivity contribution is 5.95. The number of benzene rings is 1. The van der Waals surface area contributed by atoms with Gasteiger partial charge in [0.1, 0.15) is 11.9 Å². The van der Waals surface area contributed by atoms with Crippen molar-refractivity contribution in [1.82, 2.24) is 15.1 Å². The zero-order valence-electron chi connectivity index (χ0n) is 12.6. The summed E-state index contributed by atoms with van der Waals surface area (Å²) in [7, 11) is 0. The topological polar surface area (TPSA) is 80.3 Å². The van der Waals surface area contributed by atoms with Gasteiger partial charge in [-0.3, -0.25) is 4.79 Å². The quantitative estimate of drug-likeness (QED) is 0.757. The molecule has 1 atom stereocenters. The van der Waals surface area contributed by atoms with E-state index in [0.29, 0.717) is 11.3 Å². The molecule has 1 unspecified atom stereocenters. The van der Waals surface area contributed by atoms with Crippen molar-refractivity contribution in [2.45, 2.75) is 13.0 Å². The minimum atomic E-state index is -0.876. The van der Waals surface area contributed by atoms with E-state index in [4.69, 9.17) is 4.42 Å². The number of carbonyl (C=O) groups excluding carboxylic acids is 1. The van der Waals surface area contributed by atoms with Crippen LogP contribution in [0.15, 0.2) is 59.3 Å². The molecule has 3 rings (SSSR count). The van der Waals surface area contributed by atoms with Gasteiger partial charge in [0, 0.05) is 0 Å². The van der Waals surface area contributed by atoms with Gasteiger partial charge in [0.05, 0.1) is 35.9 Å². The van der Waals surface area contributed by atoms with Gasteiger partial charge in [-0.25, -0.2) is 4.68 Å². The second-order valence-corrected chi connectivity index (χ2v) is 5.13. The average molecular weight is 311 g/mol. The number of para-hydroxylation sites is 1. The van der Waals surface area contributed by atoms with Crippen LogP contribution in [-0.2, 0) is 0 Å². The van der Waals surface area contributed by atoms with Gasteiger partial charge >= 0.3 is 0 Å². The van der Waals surface area contributed by atoms with Gasteiger partial charge in [-0.2, -0.15) is 5.10 Å². The Morgan fingerprint density at radius 1 is 1.30 bits per heavy atom. The number of hydrogen-bond donors (Lipinski definition) is 2. The summed E-state index contributed by atoms with van der Waals surface area (Å²) in [6, 6.07) is 12.9. The highest BCUT2D eigenvalue weighted by Crippen LogP contribution is 2.15. The van der Waals surface area contributed by atoms with Gasteiger partial charge in [0.15, 0.2) is 0 Å². The molecular formula is C17H17N3O3. The first-order valence-corrected chi connectivity index (χ1v) is 7.26. The molecule has 3 aromatic rings. The third-order valence-corrected chi connectivity index (χ3v) is 3.58. The van der Waals surface area contributed by atoms with E-state index in [1.807, 2.05) is 37.3 Å². The number of carbonyl (C=O) groups is 1. The Balaban J connectivity index is 1.70. The van der Waals surface area contributed by atoms with E-state index in [-0.39, 0.29) is 12.5 Å². The fourth-order valence-corrected chi connectivity index (χ4v) is 2.33. The predicted octanol–water partition coefficient (Wildman–Crippen LogP) is 2.24. The van der Waals surface area contributed by atoms with Crippen molar-refractivity contribution in [3.63, 3.8) is 0 Å². The molecule has 0 spiro atoms. The lowest BCUT2D eigenvalue weighted by atomic mass is 10.2. The maximum Gasteiger partial charge on any atom is 0.254 e. The van der Waals surface area contributed by atoms with E-state index in [9.17, 15) is 9.90 Å². The largest absolute Gasteiger partial charge is 0.467 e. The minimum Gasteiger partial charge on any atom is -0.467 e. The highest BCUT2D eigenvalue weighted by atomic mass is 16.4. The molecule has 0 aliphatic carbocycles. The molecule has 0 aliphatic heterocycles. The zero-order valence-corrected chi connectivity index (χ0v) is 12.6. The van der Waals surface area contributed by atoms with Gasteiger partial charge in [-0.1, -0.05) is 18.2 Å². The maximum absolute atomic E-state index is 12.3. The van der Waals surface area contributed by atoms with Crippen LogP contribution in [0.25, 0.3) is 5.69 Å². The molecule has 6 nitrogen and oxygen atoms in total. The van der Waals surface area contributed by atoms with E-state index >= 15 is 0 Å². The first-order chi connectivity index (χ1) is 11.2. The third kappa shape index (κ3) is 3.17. The summed E-state index contributed by atoms with van der Waals surface area (Å²) in [6.07, 6.45) is 2.13. The molecule has 118 valence electrons. The van der Waals surface area contributed by atoms with Crippen molar-refractivity contribution in [2.75, 3.05) is 6.54 Å². The Morgan fingerprint density at radius 2 is 2.09 bits per heavy atom. The number of nitrogens with zero attached hydrogens (tertiary/aromatic N) is 2. The monoisotopic (exact) mass is 311 g/mol. The summed E-state index contributed by atoms with van der Waals surface area (Å²) < 4.78 is 6.81. The van der Waals surface area contributed by atoms with Crippen LogP contribution in [-0.4, -0.2) is 27.3 Å². The molecule has 0 saturated carbocycles. The molecule has 1 amide bonds. The first kappa shape index (κ1) is 15.1. The number of aliphatic hydroxyl groups excluding tert-OH is 1. The Kier molecular flexibility index (Phi) is 4.25. The van der Waals surface area contributed by atoms with E-state index in [2.05, 4.69) is 10.4 Å². The summed E-state index contributed by atoms with van der Waals surface area (Å²) >= 11 is 0. The molecule has 2 aromatic heterocycles. The Hall–Kier alpha value is -2.86. The van der Waals surface area contributed by atoms with Crippen LogP contribution in [0, 0.1) is 6.92 Å². The van der Waals surface area contributed by atoms with E-state index < -0.39 is 6.10 Å². The Morgan fingerprint density at radius 3 is 2.78 bits per heavy atom. The van der Waals surface area contributed by atoms with Crippen molar-refractivity contribution in [2.24, 2.45) is 0 Å². The molecular weight excluding hydrogens is 294 g/mol. The number of furan rings is 1. The fourth-order valence-electron chi connectivity index (χ4n) is 2.33. The lowest BCUT2D eigenvalue weighted by molar-refractivity contribution is 0.0900. The standard InChI is InChI=1S/C17H17N3O3/c1-12-14(10-19-20(12)13-6-3-2-4-7-13)17(22)18-11-15(21)16-8-5-9-23-16/h2-10,15,21H,11H2,1H3,(H,18,22). The summed E-state index contributed by atoms with van der Waals surface area (Å²) in [5, 5.41) is 16.9. The molecule has 2 heterocycles. The number of amides is 1. The second-order valence-electron chi connectivity index (χ2n) is 5.13. The molecule has 0 fully saturated rings. The van der Waals surface area contributed by atoms with Crippen LogP contribution >= 0.6 is 0 Å². The predicted molar refractivity (Wildman–Crippen MR) is 84.3 cm³/mol. The molecule has 0 radical (unpaired) electrons. The molecule has 0 saturated heterocycles. The van der Waals surface area contributed by atoms with Gasteiger partial charge in [0.25, 0.3) is 5.91 Å². The van der Waals surface area contributed by atoms with Crippen LogP contribution in [0.3, 0.4) is 0 Å². The van der Waals surface area contributed by atoms with Crippen molar-refractivity contribution >= 4 is 5.91 Å². The van der Waals surface area contributed by atoms with Crippen LogP contribution in [0.4, 0.5) is 0 Å². The third-order valence-electron chi connectivity index (χ3n) is 3.58. The lowest BCUT2D eigenvalue weighted by Crippen LogP contribution is -2.28. The van der Waals surface area contributed by atoms with Crippen molar-refractivity contribution in [3.05, 3.63) is 71.9 Å². The van der Waals surface area contributed by atoms with Crippen molar-refractivity contribution in [3.8, 4) is 5.69 Å². The van der Waals surface area contributed by atoms with E-state index in [1.165, 1.54) is 12.5 Å². The molecule has 23 heavy (non-hydrogen) atoms. The number of hydrogen-bond acceptors (Lipinski definition) is 4. The molecule has 1 aromatic carbocycles. The van der Waals surface area contributed by atoms with Crippen LogP contribution in [0.1, 0.15) is 27.9 Å². The first-order valence-electron chi connectivity index (χ1n) is 7.26. The smallest absolute Gasteiger partial charge is 0.254 e.